The highest BCUT2D eigenvalue weighted by Gasteiger charge is 2.04. The van der Waals surface area contributed by atoms with Crippen molar-refractivity contribution in [1.82, 2.24) is 14.9 Å². The van der Waals surface area contributed by atoms with Crippen LogP contribution in [0.3, 0.4) is 0 Å². The van der Waals surface area contributed by atoms with Gasteiger partial charge in [0, 0.05) is 13.1 Å². The summed E-state index contributed by atoms with van der Waals surface area (Å²) in [6.45, 7) is 8.04. The Labute approximate surface area is 101 Å². The van der Waals surface area contributed by atoms with Gasteiger partial charge in [-0.15, -0.1) is 0 Å². The fraction of sp³-hybridized carbons (Fsp3) is 0.636. The maximum absolute atomic E-state index is 11.2. The van der Waals surface area contributed by atoms with E-state index in [4.69, 9.17) is 5.73 Å². The van der Waals surface area contributed by atoms with Crippen LogP contribution in [0.15, 0.2) is 11.1 Å². The second-order valence-electron chi connectivity index (χ2n) is 3.85. The number of nitrogens with two attached hydrogens (primary N) is 1. The van der Waals surface area contributed by atoms with Crippen LogP contribution in [0.25, 0.3) is 0 Å². The van der Waals surface area contributed by atoms with Crippen LogP contribution < -0.4 is 16.6 Å². The number of rotatable bonds is 7. The molecule has 1 aromatic heterocycles. The Morgan fingerprint density at radius 2 is 2.24 bits per heavy atom. The normalized spacial score (nSPS) is 10.8. The van der Waals surface area contributed by atoms with Gasteiger partial charge in [0.05, 0.1) is 6.33 Å². The van der Waals surface area contributed by atoms with Gasteiger partial charge in [0.15, 0.2) is 5.82 Å². The van der Waals surface area contributed by atoms with E-state index in [1.54, 1.807) is 0 Å². The summed E-state index contributed by atoms with van der Waals surface area (Å²) in [5.74, 6) is 0.460. The van der Waals surface area contributed by atoms with E-state index in [9.17, 15) is 4.79 Å². The average molecular weight is 239 g/mol. The first-order chi connectivity index (χ1) is 8.19. The Kier molecular flexibility index (Phi) is 5.48. The monoisotopic (exact) mass is 239 g/mol. The molecule has 0 aliphatic carbocycles. The Morgan fingerprint density at radius 1 is 1.47 bits per heavy atom. The smallest absolute Gasteiger partial charge is 0.276 e. The summed E-state index contributed by atoms with van der Waals surface area (Å²) in [5.41, 5.74) is 5.45. The minimum absolute atomic E-state index is 0.144. The maximum Gasteiger partial charge on any atom is 0.276 e. The van der Waals surface area contributed by atoms with E-state index < -0.39 is 0 Å². The van der Waals surface area contributed by atoms with Crippen LogP contribution in [0, 0.1) is 0 Å². The number of aromatic nitrogens is 2. The number of anilines is 2. The number of hydrogen-bond acceptors (Lipinski definition) is 5. The second kappa shape index (κ2) is 6.90. The molecule has 0 aliphatic rings. The molecule has 0 atom stereocenters. The van der Waals surface area contributed by atoms with E-state index in [2.05, 4.69) is 34.0 Å². The fourth-order valence-electron chi connectivity index (χ4n) is 1.63. The lowest BCUT2D eigenvalue weighted by molar-refractivity contribution is 0.300. The second-order valence-corrected chi connectivity index (χ2v) is 3.85. The van der Waals surface area contributed by atoms with E-state index in [1.807, 2.05) is 0 Å². The van der Waals surface area contributed by atoms with Crippen LogP contribution in [0.2, 0.25) is 0 Å². The van der Waals surface area contributed by atoms with Gasteiger partial charge in [-0.05, 0) is 19.5 Å². The number of hydrogen-bond donors (Lipinski definition) is 3. The summed E-state index contributed by atoms with van der Waals surface area (Å²) in [6.07, 6.45) is 2.49. The number of aromatic amines is 1. The van der Waals surface area contributed by atoms with Crippen molar-refractivity contribution in [3.63, 3.8) is 0 Å². The molecule has 0 spiro atoms. The minimum atomic E-state index is -0.302. The molecule has 0 saturated heterocycles. The third-order valence-electron chi connectivity index (χ3n) is 2.60. The molecule has 0 aromatic carbocycles. The summed E-state index contributed by atoms with van der Waals surface area (Å²) >= 11 is 0. The zero-order valence-electron chi connectivity index (χ0n) is 10.5. The van der Waals surface area contributed by atoms with Crippen molar-refractivity contribution in [2.45, 2.75) is 20.3 Å². The third-order valence-corrected chi connectivity index (χ3v) is 2.60. The SMILES string of the molecule is CCCN(CC)CCNc1nc[nH]c(=O)c1N. The van der Waals surface area contributed by atoms with Gasteiger partial charge in [-0.2, -0.15) is 0 Å². The summed E-state index contributed by atoms with van der Waals surface area (Å²) in [6, 6.07) is 0. The average Bonchev–Trinajstić information content (AvgIpc) is 2.33. The van der Waals surface area contributed by atoms with Crippen molar-refractivity contribution in [2.75, 3.05) is 37.2 Å². The van der Waals surface area contributed by atoms with Gasteiger partial charge in [-0.3, -0.25) is 4.79 Å². The van der Waals surface area contributed by atoms with Gasteiger partial charge in [0.25, 0.3) is 5.56 Å². The zero-order chi connectivity index (χ0) is 12.7. The molecule has 0 unspecified atom stereocenters. The summed E-state index contributed by atoms with van der Waals surface area (Å²) in [5, 5.41) is 3.08. The van der Waals surface area contributed by atoms with Crippen molar-refractivity contribution >= 4 is 11.5 Å². The number of H-pyrrole nitrogens is 1. The van der Waals surface area contributed by atoms with Gasteiger partial charge >= 0.3 is 0 Å². The minimum Gasteiger partial charge on any atom is -0.391 e. The van der Waals surface area contributed by atoms with E-state index in [0.29, 0.717) is 5.82 Å². The Bertz CT molecular complexity index is 390. The lowest BCUT2D eigenvalue weighted by Crippen LogP contribution is -2.30. The molecule has 4 N–H and O–H groups in total. The Balaban J connectivity index is 2.45. The van der Waals surface area contributed by atoms with Crippen LogP contribution in [-0.2, 0) is 0 Å². The van der Waals surface area contributed by atoms with Crippen LogP contribution in [0.5, 0.6) is 0 Å². The first-order valence-electron chi connectivity index (χ1n) is 5.98. The molecule has 1 aromatic rings. The highest BCUT2D eigenvalue weighted by Crippen LogP contribution is 2.06. The molecule has 0 bridgehead atoms. The van der Waals surface area contributed by atoms with Crippen molar-refractivity contribution in [2.24, 2.45) is 0 Å². The van der Waals surface area contributed by atoms with E-state index in [-0.39, 0.29) is 11.2 Å². The molecule has 17 heavy (non-hydrogen) atoms. The van der Waals surface area contributed by atoms with Gasteiger partial charge < -0.3 is 20.9 Å². The van der Waals surface area contributed by atoms with E-state index in [1.165, 1.54) is 6.33 Å². The molecule has 0 radical (unpaired) electrons. The molecule has 1 rings (SSSR count). The van der Waals surface area contributed by atoms with Crippen molar-refractivity contribution in [1.29, 1.82) is 0 Å². The third kappa shape index (κ3) is 4.07. The van der Waals surface area contributed by atoms with Crippen LogP contribution in [-0.4, -0.2) is 41.0 Å². The highest BCUT2D eigenvalue weighted by atomic mass is 16.1. The molecular weight excluding hydrogens is 218 g/mol. The molecule has 96 valence electrons. The summed E-state index contributed by atoms with van der Waals surface area (Å²) in [7, 11) is 0. The topological polar surface area (TPSA) is 87.0 Å². The van der Waals surface area contributed by atoms with Gasteiger partial charge in [-0.25, -0.2) is 4.98 Å². The van der Waals surface area contributed by atoms with Gasteiger partial charge in [0.2, 0.25) is 0 Å². The molecule has 0 saturated carbocycles. The van der Waals surface area contributed by atoms with Crippen molar-refractivity contribution in [3.8, 4) is 0 Å². The summed E-state index contributed by atoms with van der Waals surface area (Å²) in [4.78, 5) is 20.0. The van der Waals surface area contributed by atoms with Crippen molar-refractivity contribution < 1.29 is 0 Å². The number of likely N-dealkylation sites (N-methyl/N-ethyl adjacent to an activating group) is 1. The van der Waals surface area contributed by atoms with Crippen LogP contribution in [0.1, 0.15) is 20.3 Å². The predicted molar refractivity (Wildman–Crippen MR) is 70.2 cm³/mol. The Morgan fingerprint density at radius 3 is 2.88 bits per heavy atom. The molecule has 6 heteroatoms. The highest BCUT2D eigenvalue weighted by molar-refractivity contribution is 5.58. The number of nitrogen functional groups attached to an aromatic ring is 1. The molecule has 1 heterocycles. The molecule has 6 nitrogen and oxygen atoms in total. The first-order valence-corrected chi connectivity index (χ1v) is 5.98. The lowest BCUT2D eigenvalue weighted by atomic mass is 10.4. The maximum atomic E-state index is 11.2. The molecule has 0 amide bonds. The van der Waals surface area contributed by atoms with Crippen LogP contribution >= 0.6 is 0 Å². The summed E-state index contributed by atoms with van der Waals surface area (Å²) < 4.78 is 0. The molecule has 0 aliphatic heterocycles. The Hall–Kier alpha value is -1.56. The van der Waals surface area contributed by atoms with Gasteiger partial charge in [-0.1, -0.05) is 13.8 Å². The fourth-order valence-corrected chi connectivity index (χ4v) is 1.63. The molecule has 0 fully saturated rings. The lowest BCUT2D eigenvalue weighted by Gasteiger charge is -2.19. The largest absolute Gasteiger partial charge is 0.391 e. The predicted octanol–water partition coefficient (Wildman–Crippen LogP) is 0.496. The number of nitrogens with zero attached hydrogens (tertiary/aromatic N) is 2. The number of nitrogens with one attached hydrogen (secondary N) is 2. The first kappa shape index (κ1) is 13.5. The quantitative estimate of drug-likeness (QED) is 0.645. The zero-order valence-corrected chi connectivity index (χ0v) is 10.5. The van der Waals surface area contributed by atoms with Gasteiger partial charge in [0.1, 0.15) is 5.69 Å². The van der Waals surface area contributed by atoms with E-state index >= 15 is 0 Å². The van der Waals surface area contributed by atoms with E-state index in [0.717, 1.165) is 32.6 Å². The molecular formula is C11H21N5O. The standard InChI is InChI=1S/C11H21N5O/c1-3-6-16(4-2)7-5-13-10-9(12)11(17)15-8-14-10/h8H,3-7,12H2,1-2H3,(H2,13,14,15,17). The van der Waals surface area contributed by atoms with Crippen molar-refractivity contribution in [3.05, 3.63) is 16.7 Å². The van der Waals surface area contributed by atoms with Crippen LogP contribution in [0.4, 0.5) is 11.5 Å².